The minimum Gasteiger partial charge on any atom is -0.394 e. The number of aliphatic hydroxyl groups is 5. The molecule has 0 aliphatic rings. The summed E-state index contributed by atoms with van der Waals surface area (Å²) in [5.41, 5.74) is 21.2. The average molecular weight is 795 g/mol. The molecule has 17 nitrogen and oxygen atoms in total. The largest absolute Gasteiger partial charge is 0.394 e. The van der Waals surface area contributed by atoms with E-state index >= 15 is 0 Å². The van der Waals surface area contributed by atoms with Crippen LogP contribution in [-0.2, 0) is 24.1 Å². The molecule has 0 unspecified atom stereocenters. The summed E-state index contributed by atoms with van der Waals surface area (Å²) < 4.78 is 0. The fourth-order valence-corrected chi connectivity index (χ4v) is 6.10. The molecular formula is C38H51ClN10O7. The lowest BCUT2D eigenvalue weighted by molar-refractivity contribution is -0.117. The van der Waals surface area contributed by atoms with Crippen LogP contribution in [0.3, 0.4) is 0 Å². The van der Waals surface area contributed by atoms with Gasteiger partial charge in [0.25, 0.3) is 5.91 Å². The molecule has 0 bridgehead atoms. The first kappa shape index (κ1) is 43.7. The van der Waals surface area contributed by atoms with Crippen molar-refractivity contribution in [2.75, 3.05) is 43.0 Å². The fraction of sp³-hybridized carbons (Fsp3) is 0.395. The third-order valence-corrected chi connectivity index (χ3v) is 9.41. The van der Waals surface area contributed by atoms with Crippen molar-refractivity contribution in [2.45, 2.75) is 69.0 Å². The van der Waals surface area contributed by atoms with Crippen molar-refractivity contribution >= 4 is 57.5 Å². The lowest BCUT2D eigenvalue weighted by Gasteiger charge is -2.25. The van der Waals surface area contributed by atoms with Gasteiger partial charge in [-0.1, -0.05) is 60.1 Å². The first-order valence-corrected chi connectivity index (χ1v) is 18.6. The van der Waals surface area contributed by atoms with E-state index in [1.807, 2.05) is 54.6 Å². The summed E-state index contributed by atoms with van der Waals surface area (Å²) >= 11 is 5.84. The highest BCUT2D eigenvalue weighted by Gasteiger charge is 2.29. The molecule has 0 spiro atoms. The smallest absolute Gasteiger partial charge is 0.280 e. The van der Waals surface area contributed by atoms with E-state index in [2.05, 4.69) is 37.3 Å². The number of hydrogen-bond donors (Lipinski definition) is 13. The van der Waals surface area contributed by atoms with Crippen molar-refractivity contribution in [1.82, 2.24) is 25.9 Å². The second-order valence-corrected chi connectivity index (χ2v) is 13.7. The van der Waals surface area contributed by atoms with E-state index in [9.17, 15) is 30.0 Å². The molecule has 3 aromatic carbocycles. The Hall–Kier alpha value is -4.98. The van der Waals surface area contributed by atoms with E-state index < -0.39 is 43.0 Å². The summed E-state index contributed by atoms with van der Waals surface area (Å²) in [5.74, 6) is -1.55. The monoisotopic (exact) mass is 794 g/mol. The normalized spacial score (nSPS) is 14.1. The molecule has 0 saturated heterocycles. The van der Waals surface area contributed by atoms with Gasteiger partial charge in [0.05, 0.1) is 18.8 Å². The van der Waals surface area contributed by atoms with Gasteiger partial charge in [-0.15, -0.1) is 0 Å². The van der Waals surface area contributed by atoms with E-state index in [0.29, 0.717) is 38.0 Å². The minimum absolute atomic E-state index is 0.00322. The number of hydrogen-bond acceptors (Lipinski definition) is 14. The number of carbonyl (C=O) groups excluding carboxylic acids is 2. The predicted molar refractivity (Wildman–Crippen MR) is 215 cm³/mol. The Labute approximate surface area is 329 Å². The third-order valence-electron chi connectivity index (χ3n) is 9.13. The number of anilines is 3. The number of nitrogens with one attached hydrogen (secondary N) is 5. The van der Waals surface area contributed by atoms with E-state index in [4.69, 9.17) is 39.3 Å². The number of amides is 2. The van der Waals surface area contributed by atoms with Gasteiger partial charge >= 0.3 is 0 Å². The lowest BCUT2D eigenvalue weighted by Crippen LogP contribution is -2.49. The molecule has 2 amide bonds. The number of aryl methyl sites for hydroxylation is 2. The Morgan fingerprint density at radius 2 is 1.46 bits per heavy atom. The SMILES string of the molecule is N=C(NCCCCc1ccc(C[C@H](N)C(=O)Nc2ccc(CCCNC[C@H](O)[C@@H](O)[C@H](O)[C@H](O)CO)cc2)c2ccccc12)NC(=O)c1nc(Cl)c(N)nc1N. The Kier molecular flexibility index (Phi) is 16.7. The van der Waals surface area contributed by atoms with Crippen molar-refractivity contribution in [3.63, 3.8) is 0 Å². The number of nitrogens with two attached hydrogens (primary N) is 3. The van der Waals surface area contributed by atoms with Crippen LogP contribution in [0.25, 0.3) is 10.8 Å². The number of carbonyl (C=O) groups is 2. The topological polar surface area (TPSA) is 311 Å². The number of halogens is 1. The van der Waals surface area contributed by atoms with E-state index in [1.165, 1.54) is 0 Å². The van der Waals surface area contributed by atoms with Gasteiger partial charge in [-0.25, -0.2) is 9.97 Å². The second-order valence-electron chi connectivity index (χ2n) is 13.4. The molecule has 18 heteroatoms. The Bertz CT molecular complexity index is 1940. The van der Waals surface area contributed by atoms with E-state index in [0.717, 1.165) is 46.7 Å². The Balaban J connectivity index is 1.19. The lowest BCUT2D eigenvalue weighted by atomic mass is 9.93. The van der Waals surface area contributed by atoms with Gasteiger partial charge in [0.15, 0.2) is 28.4 Å². The maximum atomic E-state index is 13.1. The molecule has 1 aromatic heterocycles. The number of nitrogens with zero attached hydrogens (tertiary/aromatic N) is 2. The quantitative estimate of drug-likeness (QED) is 0.0323. The van der Waals surface area contributed by atoms with Crippen LogP contribution in [0.4, 0.5) is 17.3 Å². The van der Waals surface area contributed by atoms with Crippen LogP contribution in [-0.4, -0.2) is 110 Å². The summed E-state index contributed by atoms with van der Waals surface area (Å²) in [6, 6.07) is 18.7. The number of aliphatic hydroxyl groups excluding tert-OH is 5. The second kappa shape index (κ2) is 21.4. The number of unbranched alkanes of at least 4 members (excludes halogenated alkanes) is 1. The first-order valence-electron chi connectivity index (χ1n) is 18.2. The van der Waals surface area contributed by atoms with E-state index in [1.54, 1.807) is 0 Å². The molecule has 56 heavy (non-hydrogen) atoms. The number of aromatic nitrogens is 2. The number of rotatable bonds is 20. The van der Waals surface area contributed by atoms with Gasteiger partial charge in [-0.3, -0.25) is 20.3 Å². The summed E-state index contributed by atoms with van der Waals surface area (Å²) in [7, 11) is 0. The third kappa shape index (κ3) is 12.5. The van der Waals surface area contributed by atoms with Crippen LogP contribution in [0.1, 0.15) is 46.4 Å². The van der Waals surface area contributed by atoms with Gasteiger partial charge in [-0.2, -0.15) is 0 Å². The van der Waals surface area contributed by atoms with Gasteiger partial charge in [-0.05, 0) is 84.7 Å². The number of nitrogen functional groups attached to an aromatic ring is 2. The van der Waals surface area contributed by atoms with Crippen LogP contribution in [0, 0.1) is 5.41 Å². The van der Waals surface area contributed by atoms with Gasteiger partial charge in [0, 0.05) is 18.8 Å². The zero-order valence-electron chi connectivity index (χ0n) is 30.8. The average Bonchev–Trinajstić information content (AvgIpc) is 3.19. The summed E-state index contributed by atoms with van der Waals surface area (Å²) in [6.07, 6.45) is -2.07. The minimum atomic E-state index is -1.66. The molecule has 0 radical (unpaired) electrons. The molecule has 0 fully saturated rings. The summed E-state index contributed by atoms with van der Waals surface area (Å²) in [6.45, 7) is 0.228. The van der Waals surface area contributed by atoms with Gasteiger partial charge in [0.1, 0.15) is 18.3 Å². The Morgan fingerprint density at radius 3 is 2.16 bits per heavy atom. The van der Waals surface area contributed by atoms with E-state index in [-0.39, 0.29) is 40.9 Å². The number of benzene rings is 3. The highest BCUT2D eigenvalue weighted by atomic mass is 35.5. The molecule has 0 aliphatic heterocycles. The van der Waals surface area contributed by atoms with Crippen molar-refractivity contribution in [2.24, 2.45) is 5.73 Å². The van der Waals surface area contributed by atoms with Crippen LogP contribution in [0.5, 0.6) is 0 Å². The molecule has 0 aliphatic carbocycles. The van der Waals surface area contributed by atoms with Crippen LogP contribution in [0.2, 0.25) is 5.15 Å². The highest BCUT2D eigenvalue weighted by molar-refractivity contribution is 6.31. The predicted octanol–water partition coefficient (Wildman–Crippen LogP) is 0.191. The molecule has 302 valence electrons. The van der Waals surface area contributed by atoms with Gasteiger partial charge < -0.3 is 58.7 Å². The number of guanidine groups is 1. The molecule has 1 heterocycles. The van der Waals surface area contributed by atoms with Crippen LogP contribution in [0.15, 0.2) is 60.7 Å². The molecule has 4 aromatic rings. The van der Waals surface area contributed by atoms with Gasteiger partial charge in [0.2, 0.25) is 5.91 Å². The van der Waals surface area contributed by atoms with Crippen molar-refractivity contribution < 1.29 is 35.1 Å². The zero-order chi connectivity index (χ0) is 40.8. The van der Waals surface area contributed by atoms with Crippen molar-refractivity contribution in [1.29, 1.82) is 5.41 Å². The molecule has 0 saturated carbocycles. The van der Waals surface area contributed by atoms with Crippen molar-refractivity contribution in [3.05, 3.63) is 88.2 Å². The molecule has 4 rings (SSSR count). The first-order chi connectivity index (χ1) is 26.8. The summed E-state index contributed by atoms with van der Waals surface area (Å²) in [5, 5.41) is 69.0. The maximum Gasteiger partial charge on any atom is 0.280 e. The maximum absolute atomic E-state index is 13.1. The molecule has 16 N–H and O–H groups in total. The molecular weight excluding hydrogens is 744 g/mol. The summed E-state index contributed by atoms with van der Waals surface area (Å²) in [4.78, 5) is 33.1. The number of fused-ring (bicyclic) bond motifs is 1. The van der Waals surface area contributed by atoms with Crippen LogP contribution < -0.4 is 38.5 Å². The highest BCUT2D eigenvalue weighted by Crippen LogP contribution is 2.25. The van der Waals surface area contributed by atoms with Crippen LogP contribution >= 0.6 is 11.6 Å². The standard InChI is InChI=1S/C38H51ClN10O7/c39-33-35(42)48-34(41)30(47-33)37(56)49-38(43)45-17-4-3-7-22-12-13-23(26-9-2-1-8-25(22)26)18-27(40)36(55)46-24-14-10-21(11-15-24)6-5-16-44-19-28(51)31(53)32(54)29(52)20-50/h1-2,8-15,27-29,31-32,44,50-54H,3-7,16-20,40H2,(H,46,55)(H4,41,42,48)(H3,43,45,49,56)/t27-,28-,29+,31+,32+/m0/s1. The Morgan fingerprint density at radius 1 is 0.804 bits per heavy atom. The fourth-order valence-electron chi connectivity index (χ4n) is 5.97. The zero-order valence-corrected chi connectivity index (χ0v) is 31.5. The molecule has 5 atom stereocenters. The van der Waals surface area contributed by atoms with Crippen molar-refractivity contribution in [3.8, 4) is 0 Å².